The van der Waals surface area contributed by atoms with Crippen LogP contribution in [0.5, 0.6) is 0 Å². The number of esters is 4. The normalized spacial score (nSPS) is 34.8. The van der Waals surface area contributed by atoms with Gasteiger partial charge in [0.1, 0.15) is 11.7 Å². The molecular formula is C36H54O9. The van der Waals surface area contributed by atoms with E-state index in [0.29, 0.717) is 11.8 Å². The van der Waals surface area contributed by atoms with Crippen LogP contribution in [0.2, 0.25) is 0 Å². The summed E-state index contributed by atoms with van der Waals surface area (Å²) in [7, 11) is 0. The van der Waals surface area contributed by atoms with Crippen LogP contribution in [0.15, 0.2) is 0 Å². The molecule has 5 saturated carbocycles. The van der Waals surface area contributed by atoms with Crippen LogP contribution in [0.1, 0.15) is 121 Å². The number of hydrogen-bond donors (Lipinski definition) is 0. The highest BCUT2D eigenvalue weighted by molar-refractivity contribution is 5.98. The summed E-state index contributed by atoms with van der Waals surface area (Å²) in [6.07, 6.45) is 4.34. The minimum absolute atomic E-state index is 0.00896. The lowest BCUT2D eigenvalue weighted by Gasteiger charge is -2.59. The molecule has 0 aromatic carbocycles. The van der Waals surface area contributed by atoms with Crippen molar-refractivity contribution < 1.29 is 42.9 Å². The van der Waals surface area contributed by atoms with E-state index in [9.17, 15) is 24.0 Å². The molecule has 1 saturated heterocycles. The van der Waals surface area contributed by atoms with Gasteiger partial charge in [0.2, 0.25) is 6.10 Å². The molecule has 1 aliphatic heterocycles. The molecule has 0 radical (unpaired) electrons. The van der Waals surface area contributed by atoms with Gasteiger partial charge in [-0.1, -0.05) is 0 Å². The third-order valence-electron chi connectivity index (χ3n) is 12.2. The molecule has 6 aliphatic rings. The van der Waals surface area contributed by atoms with Crippen molar-refractivity contribution in [2.75, 3.05) is 6.61 Å². The highest BCUT2D eigenvalue weighted by Gasteiger charge is 2.65. The van der Waals surface area contributed by atoms with Crippen LogP contribution in [0.3, 0.4) is 0 Å². The number of carbonyl (C=O) groups is 5. The van der Waals surface area contributed by atoms with Crippen molar-refractivity contribution in [3.63, 3.8) is 0 Å². The molecule has 0 spiro atoms. The molecule has 2 atom stereocenters. The molecule has 6 fully saturated rings. The summed E-state index contributed by atoms with van der Waals surface area (Å²) in [6, 6.07) is 0. The van der Waals surface area contributed by atoms with Gasteiger partial charge in [-0.2, -0.15) is 0 Å². The molecule has 0 amide bonds. The van der Waals surface area contributed by atoms with E-state index in [2.05, 4.69) is 6.92 Å². The first-order valence-corrected chi connectivity index (χ1v) is 16.9. The van der Waals surface area contributed by atoms with Gasteiger partial charge in [0, 0.05) is 6.42 Å². The number of Topliss-reactive ketones (excluding diaryl/α,β-unsaturated/α-hetero) is 1. The number of ketones is 1. The van der Waals surface area contributed by atoms with Gasteiger partial charge < -0.3 is 18.9 Å². The van der Waals surface area contributed by atoms with Gasteiger partial charge in [0.15, 0.2) is 5.78 Å². The number of ether oxygens (including phenoxy) is 4. The van der Waals surface area contributed by atoms with Crippen molar-refractivity contribution in [1.82, 2.24) is 0 Å². The minimum atomic E-state index is -1.34. The lowest BCUT2D eigenvalue weighted by atomic mass is 9.50. The summed E-state index contributed by atoms with van der Waals surface area (Å²) in [6.45, 7) is 18.0. The monoisotopic (exact) mass is 630 g/mol. The van der Waals surface area contributed by atoms with Crippen LogP contribution < -0.4 is 0 Å². The van der Waals surface area contributed by atoms with E-state index < -0.39 is 62.8 Å². The minimum Gasteiger partial charge on any atom is -0.463 e. The molecule has 4 bridgehead atoms. The average molecular weight is 631 g/mol. The Labute approximate surface area is 268 Å². The fraction of sp³-hybridized carbons (Fsp3) is 0.861. The zero-order valence-corrected chi connectivity index (χ0v) is 29.0. The first-order valence-electron chi connectivity index (χ1n) is 16.9. The molecule has 45 heavy (non-hydrogen) atoms. The predicted octanol–water partition coefficient (Wildman–Crippen LogP) is 5.99. The second-order valence-corrected chi connectivity index (χ2v) is 18.0. The van der Waals surface area contributed by atoms with Crippen LogP contribution >= 0.6 is 0 Å². The van der Waals surface area contributed by atoms with E-state index in [1.54, 1.807) is 62.3 Å². The zero-order chi connectivity index (χ0) is 33.5. The van der Waals surface area contributed by atoms with Crippen LogP contribution in [0.25, 0.3) is 0 Å². The van der Waals surface area contributed by atoms with Gasteiger partial charge in [-0.15, -0.1) is 0 Å². The van der Waals surface area contributed by atoms with Crippen LogP contribution in [-0.2, 0) is 42.9 Å². The maximum absolute atomic E-state index is 14.3. The summed E-state index contributed by atoms with van der Waals surface area (Å²) in [5.41, 5.74) is -5.90. The summed E-state index contributed by atoms with van der Waals surface area (Å²) in [5, 5.41) is 0. The van der Waals surface area contributed by atoms with Crippen molar-refractivity contribution in [1.29, 1.82) is 0 Å². The lowest BCUT2D eigenvalue weighted by Crippen LogP contribution is -2.66. The van der Waals surface area contributed by atoms with Gasteiger partial charge in [-0.3, -0.25) is 19.2 Å². The predicted molar refractivity (Wildman–Crippen MR) is 164 cm³/mol. The summed E-state index contributed by atoms with van der Waals surface area (Å²) >= 11 is 0. The number of rotatable bonds is 10. The summed E-state index contributed by atoms with van der Waals surface area (Å²) < 4.78 is 23.2. The van der Waals surface area contributed by atoms with E-state index in [1.165, 1.54) is 6.42 Å². The molecule has 2 unspecified atom stereocenters. The molecular weight excluding hydrogens is 576 g/mol. The number of carbonyl (C=O) groups excluding carboxylic acids is 5. The molecule has 0 aromatic rings. The van der Waals surface area contributed by atoms with Crippen molar-refractivity contribution in [3.8, 4) is 0 Å². The largest absolute Gasteiger partial charge is 0.463 e. The standard InChI is InChI=1S/C36H54O9/c1-31(2,28(39)43-24-11-12-42-25(24)37)18-35(9,30(41)44-27-33(5,6)26(38)34(27,7)8)19-32(3,4)29(40)45-36(10)22-14-20-13-21(16-22)17-23(36)15-20/h20-24,27H,11-19H2,1-10H3. The first-order chi connectivity index (χ1) is 20.5. The Morgan fingerprint density at radius 1 is 0.733 bits per heavy atom. The van der Waals surface area contributed by atoms with Crippen molar-refractivity contribution >= 4 is 29.7 Å². The van der Waals surface area contributed by atoms with E-state index in [0.717, 1.165) is 37.5 Å². The van der Waals surface area contributed by atoms with E-state index in [1.807, 2.05) is 0 Å². The second kappa shape index (κ2) is 10.8. The van der Waals surface area contributed by atoms with Crippen molar-refractivity contribution in [2.24, 2.45) is 50.7 Å². The topological polar surface area (TPSA) is 122 Å². The third kappa shape index (κ3) is 5.72. The molecule has 9 heteroatoms. The maximum atomic E-state index is 14.3. The van der Waals surface area contributed by atoms with Gasteiger partial charge in [0.05, 0.1) is 33.7 Å². The molecule has 0 aromatic heterocycles. The van der Waals surface area contributed by atoms with Crippen LogP contribution in [0.4, 0.5) is 0 Å². The van der Waals surface area contributed by atoms with E-state index in [-0.39, 0.29) is 37.6 Å². The van der Waals surface area contributed by atoms with Crippen LogP contribution in [0, 0.1) is 50.7 Å². The van der Waals surface area contributed by atoms with E-state index in [4.69, 9.17) is 18.9 Å². The SMILES string of the molecule is CC(C)(CC(C)(CC(C)(C)C(=O)OC1(C)C2CC3CC(C2)CC1C3)C(=O)OC1C(C)(C)C(=O)C1(C)C)C(=O)OC1CCOC1=O. The molecule has 0 N–H and O–H groups in total. The summed E-state index contributed by atoms with van der Waals surface area (Å²) in [5.74, 6) is 0.0104. The Hall–Kier alpha value is -2.45. The van der Waals surface area contributed by atoms with E-state index >= 15 is 0 Å². The molecule has 6 rings (SSSR count). The number of cyclic esters (lactones) is 1. The van der Waals surface area contributed by atoms with Gasteiger partial charge in [-0.25, -0.2) is 4.79 Å². The van der Waals surface area contributed by atoms with Gasteiger partial charge in [-0.05, 0) is 138 Å². The Morgan fingerprint density at radius 3 is 1.69 bits per heavy atom. The van der Waals surface area contributed by atoms with Gasteiger partial charge >= 0.3 is 23.9 Å². The lowest BCUT2D eigenvalue weighted by molar-refractivity contribution is -0.215. The highest BCUT2D eigenvalue weighted by atomic mass is 16.6. The third-order valence-corrected chi connectivity index (χ3v) is 12.2. The molecule has 5 aliphatic carbocycles. The molecule has 1 heterocycles. The van der Waals surface area contributed by atoms with Crippen molar-refractivity contribution in [2.45, 2.75) is 138 Å². The first kappa shape index (κ1) is 33.9. The zero-order valence-electron chi connectivity index (χ0n) is 29.0. The second-order valence-electron chi connectivity index (χ2n) is 18.0. The molecule has 9 nitrogen and oxygen atoms in total. The Bertz CT molecular complexity index is 1230. The molecule has 252 valence electrons. The Balaban J connectivity index is 1.38. The smallest absolute Gasteiger partial charge is 0.347 e. The van der Waals surface area contributed by atoms with Gasteiger partial charge in [0.25, 0.3) is 0 Å². The average Bonchev–Trinajstić information content (AvgIpc) is 3.32. The Morgan fingerprint density at radius 2 is 1.22 bits per heavy atom. The Kier molecular flexibility index (Phi) is 8.13. The maximum Gasteiger partial charge on any atom is 0.347 e. The van der Waals surface area contributed by atoms with Crippen molar-refractivity contribution in [3.05, 3.63) is 0 Å². The fourth-order valence-electron chi connectivity index (χ4n) is 10.2. The quantitative estimate of drug-likeness (QED) is 0.212. The number of hydrogen-bond acceptors (Lipinski definition) is 9. The van der Waals surface area contributed by atoms with Crippen LogP contribution in [-0.4, -0.2) is 54.1 Å². The summed E-state index contributed by atoms with van der Waals surface area (Å²) in [4.78, 5) is 66.7. The highest BCUT2D eigenvalue weighted by Crippen LogP contribution is 2.60. The fourth-order valence-corrected chi connectivity index (χ4v) is 10.2.